The number of halogens is 1. The van der Waals surface area contributed by atoms with Crippen molar-refractivity contribution in [2.75, 3.05) is 19.6 Å². The molecule has 1 aliphatic carbocycles. The number of hydrogen-bond donors (Lipinski definition) is 5. The first kappa shape index (κ1) is 25.5. The van der Waals surface area contributed by atoms with Gasteiger partial charge < -0.3 is 30.6 Å². The molecule has 11 heteroatoms. The van der Waals surface area contributed by atoms with E-state index < -0.39 is 30.4 Å². The number of amides is 2. The normalized spacial score (nSPS) is 18.9. The molecule has 2 amide bonds. The van der Waals surface area contributed by atoms with Crippen LogP contribution in [0.2, 0.25) is 4.34 Å². The van der Waals surface area contributed by atoms with Crippen molar-refractivity contribution in [3.8, 4) is 5.88 Å². The fourth-order valence-corrected chi connectivity index (χ4v) is 5.60. The van der Waals surface area contributed by atoms with Crippen molar-refractivity contribution >= 4 is 45.2 Å². The molecule has 0 fully saturated rings. The largest absolute Gasteiger partial charge is 0.414 e. The maximum Gasteiger partial charge on any atom is 0.414 e. The van der Waals surface area contributed by atoms with Crippen molar-refractivity contribution < 1.29 is 24.5 Å². The Morgan fingerprint density at radius 1 is 1.20 bits per heavy atom. The number of fused-ring (bicyclic) bond motifs is 2. The van der Waals surface area contributed by atoms with E-state index in [1.807, 2.05) is 24.3 Å². The SMILES string of the molecule is CC(O)CN(CC(=O)N[C@@H]1c2ccccc2C[C@H]1NC(=O)Oc1cc2cc(Cl)sc2[nH]1)CC(C)O. The Bertz CT molecular complexity index is 1150. The number of nitrogens with zero attached hydrogens (tertiary/aromatic N) is 1. The molecule has 4 rings (SSSR count). The van der Waals surface area contributed by atoms with E-state index >= 15 is 0 Å². The molecule has 1 aromatic carbocycles. The smallest absolute Gasteiger partial charge is 0.393 e. The minimum absolute atomic E-state index is 0.00735. The summed E-state index contributed by atoms with van der Waals surface area (Å²) in [5.41, 5.74) is 1.96. The van der Waals surface area contributed by atoms with Gasteiger partial charge >= 0.3 is 6.09 Å². The number of aliphatic hydroxyl groups is 2. The van der Waals surface area contributed by atoms with Gasteiger partial charge in [0.2, 0.25) is 11.8 Å². The number of hydrogen-bond acceptors (Lipinski definition) is 7. The van der Waals surface area contributed by atoms with E-state index in [-0.39, 0.29) is 25.5 Å². The van der Waals surface area contributed by atoms with Crippen LogP contribution < -0.4 is 15.4 Å². The number of carbonyl (C=O) groups is 2. The molecule has 3 aromatic rings. The van der Waals surface area contributed by atoms with Gasteiger partial charge in [-0.05, 0) is 37.5 Å². The van der Waals surface area contributed by atoms with Gasteiger partial charge in [-0.25, -0.2) is 4.79 Å². The monoisotopic (exact) mass is 520 g/mol. The van der Waals surface area contributed by atoms with Crippen molar-refractivity contribution in [1.29, 1.82) is 0 Å². The lowest BCUT2D eigenvalue weighted by atomic mass is 10.1. The van der Waals surface area contributed by atoms with E-state index in [1.165, 1.54) is 11.3 Å². The van der Waals surface area contributed by atoms with Gasteiger partial charge in [0.1, 0.15) is 4.83 Å². The summed E-state index contributed by atoms with van der Waals surface area (Å²) in [5, 5.41) is 26.3. The first-order chi connectivity index (χ1) is 16.7. The number of aliphatic hydroxyl groups excluding tert-OH is 2. The highest BCUT2D eigenvalue weighted by Gasteiger charge is 2.35. The number of rotatable bonds is 9. The molecule has 2 heterocycles. The summed E-state index contributed by atoms with van der Waals surface area (Å²) in [6, 6.07) is 10.4. The standard InChI is InChI=1S/C24H29ClN4O5S/c1-13(30)10-29(11-14(2)31)12-20(32)27-22-17-6-4-3-5-15(17)7-18(22)26-24(33)34-21-9-16-8-19(25)35-23(16)28-21/h3-6,8-9,13-14,18,22,28,30-31H,7,10-12H2,1-2H3,(H,26,33)(H,27,32)/t13?,14?,18-,22-/m1/s1. The topological polar surface area (TPSA) is 127 Å². The lowest BCUT2D eigenvalue weighted by Gasteiger charge is -2.27. The lowest BCUT2D eigenvalue weighted by Crippen LogP contribution is -2.48. The molecule has 2 aromatic heterocycles. The quantitative estimate of drug-likeness (QED) is 0.295. The molecule has 188 valence electrons. The number of carbonyl (C=O) groups excluding carboxylic acids is 2. The highest BCUT2D eigenvalue weighted by atomic mass is 35.5. The number of aromatic amines is 1. The fourth-order valence-electron chi connectivity index (χ4n) is 4.48. The van der Waals surface area contributed by atoms with Crippen LogP contribution in [0.1, 0.15) is 31.0 Å². The first-order valence-corrected chi connectivity index (χ1v) is 12.6. The first-order valence-electron chi connectivity index (χ1n) is 11.4. The predicted octanol–water partition coefficient (Wildman–Crippen LogP) is 2.82. The molecule has 2 unspecified atom stereocenters. The molecular formula is C24H29ClN4O5S. The summed E-state index contributed by atoms with van der Waals surface area (Å²) in [4.78, 5) is 31.1. The van der Waals surface area contributed by atoms with Crippen molar-refractivity contribution in [2.45, 2.75) is 44.6 Å². The van der Waals surface area contributed by atoms with Gasteiger partial charge in [-0.2, -0.15) is 0 Å². The van der Waals surface area contributed by atoms with Crippen LogP contribution in [0.5, 0.6) is 5.88 Å². The Balaban J connectivity index is 1.42. The van der Waals surface area contributed by atoms with E-state index in [2.05, 4.69) is 15.6 Å². The Labute approximate surface area is 212 Å². The third-order valence-corrected chi connectivity index (χ3v) is 6.92. The summed E-state index contributed by atoms with van der Waals surface area (Å²) >= 11 is 7.35. The van der Waals surface area contributed by atoms with Crippen molar-refractivity contribution in [3.05, 3.63) is 51.9 Å². The summed E-state index contributed by atoms with van der Waals surface area (Å²) in [7, 11) is 0. The molecule has 0 radical (unpaired) electrons. The van der Waals surface area contributed by atoms with Crippen LogP contribution >= 0.6 is 22.9 Å². The third kappa shape index (κ3) is 6.53. The van der Waals surface area contributed by atoms with E-state index in [0.29, 0.717) is 16.6 Å². The van der Waals surface area contributed by atoms with Gasteiger partial charge in [0, 0.05) is 24.5 Å². The summed E-state index contributed by atoms with van der Waals surface area (Å²) in [6.07, 6.45) is -1.38. The summed E-state index contributed by atoms with van der Waals surface area (Å²) < 4.78 is 6.09. The zero-order valence-electron chi connectivity index (χ0n) is 19.5. The molecule has 5 N–H and O–H groups in total. The van der Waals surface area contributed by atoms with Gasteiger partial charge in [-0.15, -0.1) is 11.3 Å². The molecule has 4 atom stereocenters. The highest BCUT2D eigenvalue weighted by molar-refractivity contribution is 7.22. The summed E-state index contributed by atoms with van der Waals surface area (Å²) in [6.45, 7) is 3.79. The van der Waals surface area contributed by atoms with Crippen LogP contribution in [0.15, 0.2) is 36.4 Å². The Kier molecular flexibility index (Phi) is 7.98. The van der Waals surface area contributed by atoms with Crippen LogP contribution in [0.25, 0.3) is 10.2 Å². The predicted molar refractivity (Wildman–Crippen MR) is 135 cm³/mol. The molecule has 0 saturated carbocycles. The molecule has 35 heavy (non-hydrogen) atoms. The second-order valence-corrected chi connectivity index (χ2v) is 10.6. The van der Waals surface area contributed by atoms with Crippen LogP contribution in [0.3, 0.4) is 0 Å². The molecule has 0 bridgehead atoms. The van der Waals surface area contributed by atoms with Crippen LogP contribution in [0, 0.1) is 0 Å². The van der Waals surface area contributed by atoms with Crippen molar-refractivity contribution in [2.24, 2.45) is 0 Å². The van der Waals surface area contributed by atoms with E-state index in [1.54, 1.807) is 30.9 Å². The Morgan fingerprint density at radius 3 is 2.60 bits per heavy atom. The van der Waals surface area contributed by atoms with Gasteiger partial charge in [-0.1, -0.05) is 35.9 Å². The van der Waals surface area contributed by atoms with Gasteiger partial charge in [-0.3, -0.25) is 9.69 Å². The number of ether oxygens (including phenoxy) is 1. The number of aromatic nitrogens is 1. The molecular weight excluding hydrogens is 492 g/mol. The average molecular weight is 521 g/mol. The Morgan fingerprint density at radius 2 is 1.91 bits per heavy atom. The second-order valence-electron chi connectivity index (χ2n) is 8.95. The molecule has 9 nitrogen and oxygen atoms in total. The molecule has 0 saturated heterocycles. The number of nitrogens with one attached hydrogen (secondary N) is 3. The zero-order chi connectivity index (χ0) is 25.1. The van der Waals surface area contributed by atoms with Crippen LogP contribution in [-0.4, -0.2) is 70.0 Å². The number of thiophene rings is 1. The maximum atomic E-state index is 12.9. The average Bonchev–Trinajstić information content (AvgIpc) is 3.38. The molecule has 0 spiro atoms. The van der Waals surface area contributed by atoms with E-state index in [4.69, 9.17) is 16.3 Å². The third-order valence-electron chi connectivity index (χ3n) is 5.72. The minimum atomic E-state index is -0.641. The van der Waals surface area contributed by atoms with Crippen LogP contribution in [0.4, 0.5) is 4.79 Å². The summed E-state index contributed by atoms with van der Waals surface area (Å²) in [5.74, 6) is 0.0399. The fraction of sp³-hybridized carbons (Fsp3) is 0.417. The minimum Gasteiger partial charge on any atom is -0.393 e. The van der Waals surface area contributed by atoms with Gasteiger partial charge in [0.05, 0.1) is 35.2 Å². The lowest BCUT2D eigenvalue weighted by molar-refractivity contribution is -0.123. The van der Waals surface area contributed by atoms with E-state index in [0.717, 1.165) is 21.3 Å². The van der Waals surface area contributed by atoms with Crippen molar-refractivity contribution in [1.82, 2.24) is 20.5 Å². The maximum absolute atomic E-state index is 12.9. The van der Waals surface area contributed by atoms with E-state index in [9.17, 15) is 19.8 Å². The van der Waals surface area contributed by atoms with Gasteiger partial charge in [0.15, 0.2) is 0 Å². The molecule has 0 aliphatic heterocycles. The van der Waals surface area contributed by atoms with Crippen LogP contribution in [-0.2, 0) is 11.2 Å². The number of H-pyrrole nitrogens is 1. The van der Waals surface area contributed by atoms with Crippen molar-refractivity contribution in [3.63, 3.8) is 0 Å². The molecule has 1 aliphatic rings. The zero-order valence-corrected chi connectivity index (χ0v) is 21.0. The Hall–Kier alpha value is -2.63. The number of benzene rings is 1. The highest BCUT2D eigenvalue weighted by Crippen LogP contribution is 2.33. The van der Waals surface area contributed by atoms with Gasteiger partial charge in [0.25, 0.3) is 0 Å². The second kappa shape index (κ2) is 11.0.